The van der Waals surface area contributed by atoms with Crippen LogP contribution in [0.4, 0.5) is 0 Å². The first kappa shape index (κ1) is 14.6. The Kier molecular flexibility index (Phi) is 4.39. The molecule has 106 valence electrons. The van der Waals surface area contributed by atoms with Crippen molar-refractivity contribution in [3.05, 3.63) is 28.8 Å². The van der Waals surface area contributed by atoms with Gasteiger partial charge >= 0.3 is 0 Å². The molecule has 4 heteroatoms. The van der Waals surface area contributed by atoms with Gasteiger partial charge in [0.2, 0.25) is 0 Å². The van der Waals surface area contributed by atoms with Crippen LogP contribution in [-0.2, 0) is 0 Å². The summed E-state index contributed by atoms with van der Waals surface area (Å²) >= 11 is 6.03. The van der Waals surface area contributed by atoms with E-state index < -0.39 is 6.10 Å². The normalized spacial score (nSPS) is 18.6. The molecule has 1 aliphatic heterocycles. The second-order valence-electron chi connectivity index (χ2n) is 5.64. The molecule has 1 N–H and O–H groups in total. The van der Waals surface area contributed by atoms with Crippen LogP contribution in [0.1, 0.15) is 38.4 Å². The third-order valence-corrected chi connectivity index (χ3v) is 4.39. The van der Waals surface area contributed by atoms with Crippen LogP contribution in [0.2, 0.25) is 5.02 Å². The lowest BCUT2D eigenvalue weighted by Gasteiger charge is -2.39. The van der Waals surface area contributed by atoms with E-state index in [0.717, 1.165) is 18.7 Å². The van der Waals surface area contributed by atoms with Gasteiger partial charge in [-0.1, -0.05) is 17.7 Å². The molecular formula is C15H22ClNO2. The van der Waals surface area contributed by atoms with Crippen molar-refractivity contribution in [2.75, 3.05) is 20.2 Å². The molecule has 1 fully saturated rings. The Morgan fingerprint density at radius 1 is 1.32 bits per heavy atom. The lowest BCUT2D eigenvalue weighted by atomic mass is 9.89. The van der Waals surface area contributed by atoms with Gasteiger partial charge in [0.05, 0.1) is 18.2 Å². The van der Waals surface area contributed by atoms with Crippen LogP contribution in [0.15, 0.2) is 18.2 Å². The highest BCUT2D eigenvalue weighted by molar-refractivity contribution is 6.32. The molecule has 1 aromatic rings. The number of rotatable bonds is 4. The molecule has 1 saturated heterocycles. The average molecular weight is 284 g/mol. The molecule has 0 amide bonds. The molecule has 3 nitrogen and oxygen atoms in total. The summed E-state index contributed by atoms with van der Waals surface area (Å²) in [5.74, 6) is 0.607. The van der Waals surface area contributed by atoms with E-state index in [4.69, 9.17) is 16.3 Å². The smallest absolute Gasteiger partial charge is 0.137 e. The Bertz CT molecular complexity index is 442. The lowest BCUT2D eigenvalue weighted by molar-refractivity contribution is 0.00123. The number of methoxy groups -OCH3 is 1. The van der Waals surface area contributed by atoms with Gasteiger partial charge in [-0.15, -0.1) is 0 Å². The van der Waals surface area contributed by atoms with E-state index in [1.165, 1.54) is 12.8 Å². The Morgan fingerprint density at radius 2 is 1.95 bits per heavy atom. The van der Waals surface area contributed by atoms with Gasteiger partial charge in [-0.3, -0.25) is 4.90 Å². The number of likely N-dealkylation sites (tertiary alicyclic amines) is 1. The summed E-state index contributed by atoms with van der Waals surface area (Å²) in [6.07, 6.45) is 1.86. The molecule has 1 unspecified atom stereocenters. The quantitative estimate of drug-likeness (QED) is 0.921. The molecule has 0 aromatic heterocycles. The number of halogens is 1. The summed E-state index contributed by atoms with van der Waals surface area (Å²) < 4.78 is 5.22. The zero-order valence-electron chi connectivity index (χ0n) is 11.8. The van der Waals surface area contributed by atoms with E-state index >= 15 is 0 Å². The summed E-state index contributed by atoms with van der Waals surface area (Å²) in [4.78, 5) is 2.35. The first-order valence-corrected chi connectivity index (χ1v) is 7.11. The summed E-state index contributed by atoms with van der Waals surface area (Å²) in [5, 5.41) is 11.2. The first-order chi connectivity index (χ1) is 8.96. The van der Waals surface area contributed by atoms with E-state index in [1.807, 2.05) is 12.1 Å². The minimum absolute atomic E-state index is 0.282. The molecule has 1 heterocycles. The Hall–Kier alpha value is -0.770. The van der Waals surface area contributed by atoms with E-state index in [0.29, 0.717) is 10.8 Å². The van der Waals surface area contributed by atoms with Gasteiger partial charge in [0.15, 0.2) is 0 Å². The largest absolute Gasteiger partial charge is 0.495 e. The maximum absolute atomic E-state index is 10.7. The predicted octanol–water partition coefficient (Wildman–Crippen LogP) is 3.26. The predicted molar refractivity (Wildman–Crippen MR) is 77.8 cm³/mol. The summed E-state index contributed by atoms with van der Waals surface area (Å²) in [5.41, 5.74) is 0.563. The fourth-order valence-corrected chi connectivity index (χ4v) is 2.92. The topological polar surface area (TPSA) is 32.7 Å². The summed E-state index contributed by atoms with van der Waals surface area (Å²) in [6.45, 7) is 6.28. The molecule has 19 heavy (non-hydrogen) atoms. The fraction of sp³-hybridized carbons (Fsp3) is 0.600. The molecule has 1 aromatic carbocycles. The van der Waals surface area contributed by atoms with E-state index in [1.54, 1.807) is 13.2 Å². The van der Waals surface area contributed by atoms with Crippen molar-refractivity contribution in [1.82, 2.24) is 4.90 Å². The Morgan fingerprint density at radius 3 is 2.53 bits per heavy atom. The molecule has 0 bridgehead atoms. The molecule has 0 radical (unpaired) electrons. The lowest BCUT2D eigenvalue weighted by Crippen LogP contribution is -2.46. The van der Waals surface area contributed by atoms with Crippen LogP contribution in [0, 0.1) is 0 Å². The van der Waals surface area contributed by atoms with Crippen molar-refractivity contribution in [2.45, 2.75) is 38.3 Å². The van der Waals surface area contributed by atoms with Gasteiger partial charge in [0, 0.05) is 5.54 Å². The van der Waals surface area contributed by atoms with Gasteiger partial charge in [-0.05, 0) is 57.5 Å². The second kappa shape index (κ2) is 5.70. The number of hydrogen-bond acceptors (Lipinski definition) is 3. The number of ether oxygens (including phenoxy) is 1. The monoisotopic (exact) mass is 283 g/mol. The van der Waals surface area contributed by atoms with Gasteiger partial charge in [-0.2, -0.15) is 0 Å². The molecule has 1 aliphatic rings. The number of aliphatic hydroxyl groups excluding tert-OH is 1. The number of hydrogen-bond donors (Lipinski definition) is 1. The highest BCUT2D eigenvalue weighted by Crippen LogP contribution is 2.36. The van der Waals surface area contributed by atoms with Gasteiger partial charge < -0.3 is 9.84 Å². The van der Waals surface area contributed by atoms with Crippen LogP contribution in [-0.4, -0.2) is 35.7 Å². The highest BCUT2D eigenvalue weighted by atomic mass is 35.5. The van der Waals surface area contributed by atoms with Crippen molar-refractivity contribution in [2.24, 2.45) is 0 Å². The van der Waals surface area contributed by atoms with E-state index in [2.05, 4.69) is 18.7 Å². The number of benzene rings is 1. The third kappa shape index (κ3) is 2.88. The van der Waals surface area contributed by atoms with E-state index in [9.17, 15) is 5.11 Å². The maximum atomic E-state index is 10.7. The fourth-order valence-electron chi connectivity index (χ4n) is 2.72. The SMILES string of the molecule is COc1cc(C(O)C(C)(C)N2CCCC2)ccc1Cl. The highest BCUT2D eigenvalue weighted by Gasteiger charge is 2.36. The van der Waals surface area contributed by atoms with Gasteiger partial charge in [0.1, 0.15) is 5.75 Å². The standard InChI is InChI=1S/C15H22ClNO2/c1-15(2,17-8-4-5-9-17)14(18)11-6-7-12(16)13(10-11)19-3/h6-7,10,14,18H,4-5,8-9H2,1-3H3. The zero-order chi connectivity index (χ0) is 14.0. The molecule has 0 saturated carbocycles. The molecule has 0 aliphatic carbocycles. The molecular weight excluding hydrogens is 262 g/mol. The second-order valence-corrected chi connectivity index (χ2v) is 6.05. The molecule has 1 atom stereocenters. The number of nitrogens with zero attached hydrogens (tertiary/aromatic N) is 1. The Labute approximate surface area is 120 Å². The van der Waals surface area contributed by atoms with Crippen molar-refractivity contribution in [3.63, 3.8) is 0 Å². The Balaban J connectivity index is 2.24. The van der Waals surface area contributed by atoms with Gasteiger partial charge in [-0.25, -0.2) is 0 Å². The molecule has 2 rings (SSSR count). The minimum Gasteiger partial charge on any atom is -0.495 e. The van der Waals surface area contributed by atoms with Crippen LogP contribution in [0.3, 0.4) is 0 Å². The maximum Gasteiger partial charge on any atom is 0.137 e. The zero-order valence-corrected chi connectivity index (χ0v) is 12.6. The summed E-state index contributed by atoms with van der Waals surface area (Å²) in [7, 11) is 1.59. The molecule has 0 spiro atoms. The van der Waals surface area contributed by atoms with E-state index in [-0.39, 0.29) is 5.54 Å². The van der Waals surface area contributed by atoms with Crippen LogP contribution >= 0.6 is 11.6 Å². The average Bonchev–Trinajstić information content (AvgIpc) is 2.93. The first-order valence-electron chi connectivity index (χ1n) is 6.73. The minimum atomic E-state index is -0.559. The third-order valence-electron chi connectivity index (χ3n) is 4.08. The summed E-state index contributed by atoms with van der Waals surface area (Å²) in [6, 6.07) is 5.47. The van der Waals surface area contributed by atoms with Crippen LogP contribution < -0.4 is 4.74 Å². The van der Waals surface area contributed by atoms with Crippen molar-refractivity contribution in [1.29, 1.82) is 0 Å². The van der Waals surface area contributed by atoms with Crippen LogP contribution in [0.25, 0.3) is 0 Å². The van der Waals surface area contributed by atoms with Crippen molar-refractivity contribution >= 4 is 11.6 Å². The van der Waals surface area contributed by atoms with Crippen molar-refractivity contribution < 1.29 is 9.84 Å². The van der Waals surface area contributed by atoms with Crippen molar-refractivity contribution in [3.8, 4) is 5.75 Å². The van der Waals surface area contributed by atoms with Crippen LogP contribution in [0.5, 0.6) is 5.75 Å². The van der Waals surface area contributed by atoms with Gasteiger partial charge in [0.25, 0.3) is 0 Å². The number of aliphatic hydroxyl groups is 1.